The van der Waals surface area contributed by atoms with Crippen molar-refractivity contribution in [3.8, 4) is 0 Å². The molecule has 6 nitrogen and oxygen atoms in total. The molecule has 1 fully saturated rings. The van der Waals surface area contributed by atoms with Crippen LogP contribution in [0.15, 0.2) is 12.3 Å². The van der Waals surface area contributed by atoms with Crippen molar-refractivity contribution in [2.24, 2.45) is 5.92 Å². The van der Waals surface area contributed by atoms with E-state index in [-0.39, 0.29) is 18.5 Å². The fourth-order valence-electron chi connectivity index (χ4n) is 2.75. The van der Waals surface area contributed by atoms with E-state index in [1.807, 2.05) is 13.8 Å². The van der Waals surface area contributed by atoms with Crippen LogP contribution in [0.5, 0.6) is 0 Å². The van der Waals surface area contributed by atoms with E-state index in [2.05, 4.69) is 4.98 Å². The Labute approximate surface area is 141 Å². The number of pyridine rings is 1. The summed E-state index contributed by atoms with van der Waals surface area (Å²) in [4.78, 5) is 28.8. The lowest BCUT2D eigenvalue weighted by Gasteiger charge is -2.22. The zero-order chi connectivity index (χ0) is 18.9. The van der Waals surface area contributed by atoms with Gasteiger partial charge in [-0.25, -0.2) is 14.2 Å². The van der Waals surface area contributed by atoms with Crippen molar-refractivity contribution in [1.29, 1.82) is 0 Å². The Balaban J connectivity index is 2.33. The van der Waals surface area contributed by atoms with Gasteiger partial charge in [-0.15, -0.1) is 0 Å². The van der Waals surface area contributed by atoms with Gasteiger partial charge in [0.2, 0.25) is 0 Å². The first kappa shape index (κ1) is 18.9. The predicted molar refractivity (Wildman–Crippen MR) is 79.5 cm³/mol. The Hall–Kier alpha value is -2.39. The first-order valence-electron chi connectivity index (χ1n) is 7.53. The molecule has 25 heavy (non-hydrogen) atoms. The Kier molecular flexibility index (Phi) is 5.19. The first-order chi connectivity index (χ1) is 11.5. The van der Waals surface area contributed by atoms with Crippen LogP contribution in [0.2, 0.25) is 0 Å². The maximum Gasteiger partial charge on any atom is 0.417 e. The number of carboxylic acid groups (broad SMARTS) is 1. The van der Waals surface area contributed by atoms with Crippen molar-refractivity contribution in [1.82, 2.24) is 9.88 Å². The Bertz CT molecular complexity index is 678. The number of hydrogen-bond donors (Lipinski definition) is 1. The van der Waals surface area contributed by atoms with Gasteiger partial charge in [-0.05, 0) is 18.4 Å². The van der Waals surface area contributed by atoms with E-state index in [0.717, 1.165) is 9.80 Å². The molecule has 0 radical (unpaired) electrons. The average Bonchev–Trinajstić information content (AvgIpc) is 2.74. The van der Waals surface area contributed by atoms with Crippen LogP contribution < -0.4 is 4.90 Å². The van der Waals surface area contributed by atoms with Crippen molar-refractivity contribution in [3.05, 3.63) is 23.6 Å². The van der Waals surface area contributed by atoms with Crippen molar-refractivity contribution in [2.75, 3.05) is 18.0 Å². The van der Waals surface area contributed by atoms with Crippen LogP contribution in [0.1, 0.15) is 25.8 Å². The van der Waals surface area contributed by atoms with Crippen LogP contribution in [0.4, 0.5) is 28.2 Å². The van der Waals surface area contributed by atoms with E-state index in [1.165, 1.54) is 0 Å². The normalized spacial score (nSPS) is 18.4. The number of anilines is 1. The molecule has 1 atom stereocenters. The molecular weight excluding hydrogens is 346 g/mol. The molecule has 0 bridgehead atoms. The van der Waals surface area contributed by atoms with Crippen LogP contribution in [0, 0.1) is 11.7 Å². The fourth-order valence-corrected chi connectivity index (χ4v) is 2.75. The van der Waals surface area contributed by atoms with Gasteiger partial charge in [-0.2, -0.15) is 13.2 Å². The second-order valence-corrected chi connectivity index (χ2v) is 6.23. The predicted octanol–water partition coefficient (Wildman–Crippen LogP) is 2.98. The summed E-state index contributed by atoms with van der Waals surface area (Å²) in [5.74, 6) is -2.92. The molecule has 1 aliphatic rings. The van der Waals surface area contributed by atoms with Gasteiger partial charge in [0.05, 0.1) is 11.6 Å². The minimum atomic E-state index is -4.75. The van der Waals surface area contributed by atoms with Gasteiger partial charge < -0.3 is 10.0 Å². The minimum absolute atomic E-state index is 0.0421. The van der Waals surface area contributed by atoms with Crippen LogP contribution >= 0.6 is 0 Å². The molecule has 1 N–H and O–H groups in total. The summed E-state index contributed by atoms with van der Waals surface area (Å²) in [5.41, 5.74) is -1.26. The van der Waals surface area contributed by atoms with Gasteiger partial charge >= 0.3 is 18.2 Å². The van der Waals surface area contributed by atoms with Crippen LogP contribution in [-0.2, 0) is 11.0 Å². The maximum atomic E-state index is 14.1. The number of alkyl halides is 3. The zero-order valence-electron chi connectivity index (χ0n) is 13.5. The highest BCUT2D eigenvalue weighted by molar-refractivity contribution is 5.95. The summed E-state index contributed by atoms with van der Waals surface area (Å²) >= 11 is 0. The molecule has 0 unspecified atom stereocenters. The zero-order valence-corrected chi connectivity index (χ0v) is 13.5. The van der Waals surface area contributed by atoms with E-state index in [9.17, 15) is 27.2 Å². The lowest BCUT2D eigenvalue weighted by molar-refractivity contribution is -0.138. The maximum absolute atomic E-state index is 14.1. The summed E-state index contributed by atoms with van der Waals surface area (Å²) in [5, 5.41) is 8.95. The number of amides is 2. The van der Waals surface area contributed by atoms with Crippen molar-refractivity contribution in [2.45, 2.75) is 32.5 Å². The lowest BCUT2D eigenvalue weighted by atomic mass is 10.0. The number of rotatable bonds is 5. The van der Waals surface area contributed by atoms with Gasteiger partial charge in [0.15, 0.2) is 11.6 Å². The molecule has 1 aliphatic heterocycles. The highest BCUT2D eigenvalue weighted by atomic mass is 19.4. The van der Waals surface area contributed by atoms with Crippen LogP contribution in [-0.4, -0.2) is 46.1 Å². The molecule has 2 rings (SSSR count). The quantitative estimate of drug-likeness (QED) is 0.817. The monoisotopic (exact) mass is 363 g/mol. The molecule has 1 aromatic heterocycles. The molecule has 2 amide bonds. The molecule has 1 saturated heterocycles. The molecule has 2 heterocycles. The van der Waals surface area contributed by atoms with E-state index < -0.39 is 48.0 Å². The largest absolute Gasteiger partial charge is 0.480 e. The SMILES string of the molecule is CC(C)C[C@H]1CN(c2ncc(C(F)(F)F)cc2F)C(=O)N1CC(=O)O. The van der Waals surface area contributed by atoms with Crippen molar-refractivity contribution >= 4 is 17.8 Å². The summed E-state index contributed by atoms with van der Waals surface area (Å²) < 4.78 is 51.9. The van der Waals surface area contributed by atoms with Crippen molar-refractivity contribution in [3.63, 3.8) is 0 Å². The number of hydrogen-bond acceptors (Lipinski definition) is 3. The Morgan fingerprint density at radius 1 is 1.44 bits per heavy atom. The molecule has 138 valence electrons. The molecule has 0 aliphatic carbocycles. The minimum Gasteiger partial charge on any atom is -0.480 e. The number of carboxylic acids is 1. The van der Waals surface area contributed by atoms with Gasteiger partial charge in [-0.1, -0.05) is 13.8 Å². The molecule has 0 spiro atoms. The fraction of sp³-hybridized carbons (Fsp3) is 0.533. The van der Waals surface area contributed by atoms with Gasteiger partial charge in [0.25, 0.3) is 0 Å². The molecule has 0 saturated carbocycles. The number of nitrogens with zero attached hydrogens (tertiary/aromatic N) is 3. The van der Waals surface area contributed by atoms with Crippen LogP contribution in [0.25, 0.3) is 0 Å². The second-order valence-electron chi connectivity index (χ2n) is 6.23. The Morgan fingerprint density at radius 3 is 2.56 bits per heavy atom. The molecule has 1 aromatic rings. The highest BCUT2D eigenvalue weighted by Gasteiger charge is 2.41. The van der Waals surface area contributed by atoms with E-state index in [1.54, 1.807) is 0 Å². The number of carbonyl (C=O) groups excluding carboxylic acids is 1. The summed E-state index contributed by atoms with van der Waals surface area (Å²) in [6.45, 7) is 3.14. The molecule has 10 heteroatoms. The highest BCUT2D eigenvalue weighted by Crippen LogP contribution is 2.33. The average molecular weight is 363 g/mol. The van der Waals surface area contributed by atoms with Gasteiger partial charge in [0.1, 0.15) is 6.54 Å². The van der Waals surface area contributed by atoms with E-state index >= 15 is 0 Å². The number of carbonyl (C=O) groups is 2. The van der Waals surface area contributed by atoms with Gasteiger partial charge in [0, 0.05) is 12.7 Å². The number of aromatic nitrogens is 1. The standard InChI is InChI=1S/C15H17F4N3O3/c1-8(2)3-10-6-22(14(25)21(10)7-12(23)24)13-11(16)4-9(5-20-13)15(17,18)19/h4-5,8,10H,3,6-7H2,1-2H3,(H,23,24)/t10-/m0/s1. The third-order valence-corrected chi connectivity index (χ3v) is 3.76. The number of urea groups is 1. The summed E-state index contributed by atoms with van der Waals surface area (Å²) in [6, 6.07) is -1.02. The van der Waals surface area contributed by atoms with Crippen LogP contribution in [0.3, 0.4) is 0 Å². The topological polar surface area (TPSA) is 73.7 Å². The van der Waals surface area contributed by atoms with E-state index in [0.29, 0.717) is 12.6 Å². The van der Waals surface area contributed by atoms with Crippen molar-refractivity contribution < 1.29 is 32.3 Å². The molecule has 0 aromatic carbocycles. The first-order valence-corrected chi connectivity index (χ1v) is 7.53. The third kappa shape index (κ3) is 4.18. The lowest BCUT2D eigenvalue weighted by Crippen LogP contribution is -2.39. The van der Waals surface area contributed by atoms with Gasteiger partial charge in [-0.3, -0.25) is 9.69 Å². The number of halogens is 4. The summed E-state index contributed by atoms with van der Waals surface area (Å²) in [6.07, 6.45) is -3.84. The molecular formula is C15H17F4N3O3. The number of aliphatic carboxylic acids is 1. The Morgan fingerprint density at radius 2 is 2.08 bits per heavy atom. The third-order valence-electron chi connectivity index (χ3n) is 3.76. The second kappa shape index (κ2) is 6.85. The smallest absolute Gasteiger partial charge is 0.417 e. The summed E-state index contributed by atoms with van der Waals surface area (Å²) in [7, 11) is 0. The van der Waals surface area contributed by atoms with E-state index in [4.69, 9.17) is 5.11 Å².